The van der Waals surface area contributed by atoms with Crippen LogP contribution < -0.4 is 5.32 Å². The van der Waals surface area contributed by atoms with Crippen molar-refractivity contribution in [1.29, 1.82) is 0 Å². The number of hydrogen-bond acceptors (Lipinski definition) is 3. The molecule has 2 aromatic rings. The van der Waals surface area contributed by atoms with Crippen LogP contribution in [0, 0.1) is 6.92 Å². The van der Waals surface area contributed by atoms with Gasteiger partial charge in [0.05, 0.1) is 10.2 Å². The first-order chi connectivity index (χ1) is 10.7. The molecule has 2 rings (SSSR count). The number of pyridine rings is 1. The molecule has 1 N–H and O–H groups in total. The first-order valence-corrected chi connectivity index (χ1v) is 7.49. The summed E-state index contributed by atoms with van der Waals surface area (Å²) in [6.07, 6.45) is -1.37. The lowest BCUT2D eigenvalue weighted by Gasteiger charge is -2.14. The quantitative estimate of drug-likeness (QED) is 0.871. The molecule has 0 fully saturated rings. The number of aromatic nitrogens is 3. The van der Waals surface area contributed by atoms with Gasteiger partial charge in [-0.15, -0.1) is 0 Å². The minimum atomic E-state index is -4.58. The third-order valence-electron chi connectivity index (χ3n) is 3.28. The van der Waals surface area contributed by atoms with Crippen LogP contribution in [0.1, 0.15) is 29.9 Å². The molecule has 0 saturated heterocycles. The molecule has 5 nitrogen and oxygen atoms in total. The van der Waals surface area contributed by atoms with Gasteiger partial charge in [-0.2, -0.15) is 18.3 Å². The summed E-state index contributed by atoms with van der Waals surface area (Å²) in [6, 6.07) is 2.64. The molecular weight excluding hydrogens is 377 g/mol. The van der Waals surface area contributed by atoms with Crippen LogP contribution in [0.15, 0.2) is 29.0 Å². The molecule has 0 saturated carbocycles. The van der Waals surface area contributed by atoms with Crippen LogP contribution in [0.2, 0.25) is 0 Å². The lowest BCUT2D eigenvalue weighted by atomic mass is 10.2. The van der Waals surface area contributed by atoms with E-state index in [-0.39, 0.29) is 16.7 Å². The molecule has 1 atom stereocenters. The lowest BCUT2D eigenvalue weighted by Crippen LogP contribution is -2.31. The zero-order chi connectivity index (χ0) is 17.2. The minimum Gasteiger partial charge on any atom is -0.350 e. The number of carbonyl (C=O) groups excluding carboxylic acids is 1. The highest BCUT2D eigenvalue weighted by Gasteiger charge is 2.38. The van der Waals surface area contributed by atoms with Gasteiger partial charge in [0.2, 0.25) is 5.91 Å². The smallest absolute Gasteiger partial charge is 0.350 e. The van der Waals surface area contributed by atoms with Crippen LogP contribution in [0.3, 0.4) is 0 Å². The van der Waals surface area contributed by atoms with Gasteiger partial charge < -0.3 is 5.32 Å². The Morgan fingerprint density at radius 2 is 2.17 bits per heavy atom. The predicted molar refractivity (Wildman–Crippen MR) is 80.5 cm³/mol. The molecule has 0 unspecified atom stereocenters. The van der Waals surface area contributed by atoms with E-state index < -0.39 is 23.8 Å². The van der Waals surface area contributed by atoms with Gasteiger partial charge in [0.1, 0.15) is 6.04 Å². The fourth-order valence-corrected chi connectivity index (χ4v) is 2.49. The van der Waals surface area contributed by atoms with E-state index in [1.54, 1.807) is 24.5 Å². The summed E-state index contributed by atoms with van der Waals surface area (Å²) in [6.45, 7) is 3.20. The highest BCUT2D eigenvalue weighted by molar-refractivity contribution is 9.10. The van der Waals surface area contributed by atoms with Gasteiger partial charge in [0.25, 0.3) is 0 Å². The van der Waals surface area contributed by atoms with Gasteiger partial charge in [-0.25, -0.2) is 0 Å². The van der Waals surface area contributed by atoms with Gasteiger partial charge >= 0.3 is 6.18 Å². The van der Waals surface area contributed by atoms with E-state index in [4.69, 9.17) is 0 Å². The number of rotatable bonds is 4. The fourth-order valence-electron chi connectivity index (χ4n) is 2.01. The Morgan fingerprint density at radius 3 is 2.70 bits per heavy atom. The van der Waals surface area contributed by atoms with Gasteiger partial charge in [0.15, 0.2) is 5.69 Å². The Morgan fingerprint density at radius 1 is 1.48 bits per heavy atom. The SMILES string of the molecule is Cc1c(Br)c(C(F)(F)F)nn1[C@@H](C)C(=O)NCc1cccnc1. The van der Waals surface area contributed by atoms with Gasteiger partial charge in [-0.3, -0.25) is 14.5 Å². The number of halogens is 4. The number of hydrogen-bond donors (Lipinski definition) is 1. The van der Waals surface area contributed by atoms with E-state index in [0.717, 1.165) is 10.2 Å². The van der Waals surface area contributed by atoms with Crippen molar-refractivity contribution in [3.8, 4) is 0 Å². The molecule has 0 radical (unpaired) electrons. The average molecular weight is 391 g/mol. The minimum absolute atomic E-state index is 0.156. The van der Waals surface area contributed by atoms with Crippen molar-refractivity contribution in [2.75, 3.05) is 0 Å². The summed E-state index contributed by atoms with van der Waals surface area (Å²) >= 11 is 2.89. The maximum atomic E-state index is 12.9. The molecule has 0 aromatic carbocycles. The van der Waals surface area contributed by atoms with Crippen LogP contribution in [0.5, 0.6) is 0 Å². The van der Waals surface area contributed by atoms with Gasteiger partial charge in [-0.1, -0.05) is 6.07 Å². The molecule has 23 heavy (non-hydrogen) atoms. The molecule has 124 valence electrons. The van der Waals surface area contributed by atoms with E-state index >= 15 is 0 Å². The van der Waals surface area contributed by atoms with Crippen molar-refractivity contribution >= 4 is 21.8 Å². The van der Waals surface area contributed by atoms with Gasteiger partial charge in [0, 0.05) is 18.9 Å². The van der Waals surface area contributed by atoms with Crippen LogP contribution in [-0.2, 0) is 17.5 Å². The monoisotopic (exact) mass is 390 g/mol. The maximum absolute atomic E-state index is 12.9. The number of nitrogens with zero attached hydrogens (tertiary/aromatic N) is 3. The number of carbonyl (C=O) groups is 1. The van der Waals surface area contributed by atoms with Crippen LogP contribution >= 0.6 is 15.9 Å². The molecule has 9 heteroatoms. The maximum Gasteiger partial charge on any atom is 0.436 e. The van der Waals surface area contributed by atoms with Crippen molar-refractivity contribution in [2.24, 2.45) is 0 Å². The summed E-state index contributed by atoms with van der Waals surface area (Å²) in [5.74, 6) is -0.430. The molecule has 0 spiro atoms. The Bertz CT molecular complexity index is 700. The number of amides is 1. The third-order valence-corrected chi connectivity index (χ3v) is 4.23. The topological polar surface area (TPSA) is 59.8 Å². The van der Waals surface area contributed by atoms with Crippen molar-refractivity contribution in [1.82, 2.24) is 20.1 Å². The first kappa shape index (κ1) is 17.5. The fraction of sp³-hybridized carbons (Fsp3) is 0.357. The molecule has 0 aliphatic carbocycles. The third kappa shape index (κ3) is 3.90. The normalized spacial score (nSPS) is 13.0. The molecule has 0 aliphatic heterocycles. The Labute approximate surface area is 139 Å². The summed E-state index contributed by atoms with van der Waals surface area (Å²) < 4.78 is 39.5. The molecule has 0 aliphatic rings. The standard InChI is InChI=1S/C14H14BrF3N4O/c1-8-11(15)12(14(16,17)18)21-22(8)9(2)13(23)20-7-10-4-3-5-19-6-10/h3-6,9H,7H2,1-2H3,(H,20,23)/t9-/m0/s1. The molecule has 0 bridgehead atoms. The zero-order valence-corrected chi connectivity index (χ0v) is 13.9. The highest BCUT2D eigenvalue weighted by Crippen LogP contribution is 2.36. The summed E-state index contributed by atoms with van der Waals surface area (Å²) in [5, 5.41) is 6.18. The highest BCUT2D eigenvalue weighted by atomic mass is 79.9. The Hall–Kier alpha value is -1.90. The van der Waals surface area contributed by atoms with Crippen molar-refractivity contribution in [3.63, 3.8) is 0 Å². The second kappa shape index (κ2) is 6.69. The average Bonchev–Trinajstić information content (AvgIpc) is 2.81. The van der Waals surface area contributed by atoms with E-state index in [1.807, 2.05) is 0 Å². The lowest BCUT2D eigenvalue weighted by molar-refractivity contribution is -0.142. The van der Waals surface area contributed by atoms with Crippen LogP contribution in [-0.4, -0.2) is 20.7 Å². The van der Waals surface area contributed by atoms with Crippen molar-refractivity contribution < 1.29 is 18.0 Å². The summed E-state index contributed by atoms with van der Waals surface area (Å²) in [5.41, 5.74) is -0.00865. The number of alkyl halides is 3. The van der Waals surface area contributed by atoms with E-state index in [9.17, 15) is 18.0 Å². The molecule has 2 aromatic heterocycles. The second-order valence-electron chi connectivity index (χ2n) is 4.95. The van der Waals surface area contributed by atoms with Crippen molar-refractivity contribution in [3.05, 3.63) is 46.0 Å². The summed E-state index contributed by atoms with van der Waals surface area (Å²) in [7, 11) is 0. The molecule has 1 amide bonds. The van der Waals surface area contributed by atoms with E-state index in [0.29, 0.717) is 0 Å². The Balaban J connectivity index is 2.14. The van der Waals surface area contributed by atoms with Gasteiger partial charge in [-0.05, 0) is 41.4 Å². The second-order valence-corrected chi connectivity index (χ2v) is 5.74. The number of nitrogens with one attached hydrogen (secondary N) is 1. The zero-order valence-electron chi connectivity index (χ0n) is 12.4. The largest absolute Gasteiger partial charge is 0.436 e. The van der Waals surface area contributed by atoms with Crippen LogP contribution in [0.25, 0.3) is 0 Å². The Kier molecular flexibility index (Phi) is 5.08. The molecular formula is C14H14BrF3N4O. The van der Waals surface area contributed by atoms with Crippen molar-refractivity contribution in [2.45, 2.75) is 32.6 Å². The predicted octanol–water partition coefficient (Wildman–Crippen LogP) is 3.25. The molecule has 2 heterocycles. The first-order valence-electron chi connectivity index (χ1n) is 6.70. The summed E-state index contributed by atoms with van der Waals surface area (Å²) in [4.78, 5) is 16.1. The van der Waals surface area contributed by atoms with Crippen LogP contribution in [0.4, 0.5) is 13.2 Å². The van der Waals surface area contributed by atoms with E-state index in [1.165, 1.54) is 13.8 Å². The van der Waals surface area contributed by atoms with E-state index in [2.05, 4.69) is 31.3 Å².